The van der Waals surface area contributed by atoms with Crippen LogP contribution in [0.4, 0.5) is 17.6 Å². The van der Waals surface area contributed by atoms with Gasteiger partial charge in [-0.05, 0) is 87.4 Å². The van der Waals surface area contributed by atoms with Gasteiger partial charge in [-0.1, -0.05) is 47.5 Å². The minimum Gasteiger partial charge on any atom is -0.434 e. The summed E-state index contributed by atoms with van der Waals surface area (Å²) in [5.41, 5.74) is 9.25. The molecule has 70 heavy (non-hydrogen) atoms. The number of aromatic nitrogens is 10. The van der Waals surface area contributed by atoms with Crippen molar-refractivity contribution in [1.29, 1.82) is 0 Å². The highest BCUT2D eigenvalue weighted by molar-refractivity contribution is 5.86. The van der Waals surface area contributed by atoms with E-state index in [1.807, 2.05) is 50.2 Å². The SMILES string of the molecule is Cc1ccc(OC(F)F)c(Cn2c3cc(-c4cnn5c(C(C)O)cnc5c4)ccc3c(=O)n2C)c1.Cc1ccc(OC(F)F)c(Cn2c3cc(-c4cnn5c([C@H](C)O)cnc5c4)ccc3c(=O)n2C)c1. The molecule has 16 nitrogen and oxygen atoms in total. The van der Waals surface area contributed by atoms with Crippen molar-refractivity contribution in [3.63, 3.8) is 0 Å². The van der Waals surface area contributed by atoms with Crippen molar-refractivity contribution in [2.24, 2.45) is 14.1 Å². The molecule has 360 valence electrons. The van der Waals surface area contributed by atoms with Gasteiger partial charge in [0.1, 0.15) is 11.5 Å². The van der Waals surface area contributed by atoms with Gasteiger partial charge in [0.2, 0.25) is 0 Å². The van der Waals surface area contributed by atoms with Crippen LogP contribution in [-0.2, 0) is 27.2 Å². The van der Waals surface area contributed by atoms with E-state index in [1.54, 1.807) is 108 Å². The van der Waals surface area contributed by atoms with Crippen LogP contribution < -0.4 is 20.6 Å². The summed E-state index contributed by atoms with van der Waals surface area (Å²) in [6.45, 7) is 1.45. The molecule has 2 atom stereocenters. The Hall–Kier alpha value is -8.10. The van der Waals surface area contributed by atoms with Crippen molar-refractivity contribution in [2.75, 3.05) is 0 Å². The van der Waals surface area contributed by atoms with Gasteiger partial charge in [0.15, 0.2) is 11.3 Å². The molecule has 0 spiro atoms. The molecule has 6 heterocycles. The molecule has 0 amide bonds. The molecule has 0 radical (unpaired) electrons. The molecular weight excluding hydrogens is 913 g/mol. The number of halogens is 4. The summed E-state index contributed by atoms with van der Waals surface area (Å²) in [5, 5.41) is 29.6. The lowest BCUT2D eigenvalue weighted by molar-refractivity contribution is -0.0511. The number of aliphatic hydroxyl groups is 2. The fourth-order valence-corrected chi connectivity index (χ4v) is 8.57. The quantitative estimate of drug-likeness (QED) is 0.114. The average Bonchev–Trinajstić information content (AvgIpc) is 4.07. The van der Waals surface area contributed by atoms with Crippen molar-refractivity contribution >= 4 is 33.1 Å². The monoisotopic (exact) mass is 958 g/mol. The summed E-state index contributed by atoms with van der Waals surface area (Å²) in [6, 6.07) is 24.6. The standard InChI is InChI=1S/2C25H23F2N5O3/c2*1-14-4-7-22(35-25(26)27)18(8-14)13-31-20-9-16(5-6-19(20)24(34)30(31)3)17-10-23-28-12-21(15(2)33)32(23)29-11-17/h2*4-12,15,25,33H,13H2,1-3H3/t15-;/m0./s1. The Morgan fingerprint density at radius 1 is 0.543 bits per heavy atom. The second-order valence-electron chi connectivity index (χ2n) is 17.0. The van der Waals surface area contributed by atoms with Gasteiger partial charge >= 0.3 is 13.2 Å². The number of fused-ring (bicyclic) bond motifs is 4. The molecule has 10 rings (SSSR count). The summed E-state index contributed by atoms with van der Waals surface area (Å²) in [4.78, 5) is 34.5. The van der Waals surface area contributed by atoms with Crippen molar-refractivity contribution in [3.05, 3.63) is 164 Å². The number of hydrogen-bond donors (Lipinski definition) is 2. The molecule has 20 heteroatoms. The Morgan fingerprint density at radius 2 is 0.943 bits per heavy atom. The zero-order valence-corrected chi connectivity index (χ0v) is 38.6. The number of aliphatic hydroxyl groups excluding tert-OH is 2. The second-order valence-corrected chi connectivity index (χ2v) is 17.0. The van der Waals surface area contributed by atoms with Crippen molar-refractivity contribution in [1.82, 2.24) is 47.9 Å². The van der Waals surface area contributed by atoms with Gasteiger partial charge in [-0.25, -0.2) is 19.0 Å². The Kier molecular flexibility index (Phi) is 12.6. The number of hydrogen-bond acceptors (Lipinski definition) is 10. The van der Waals surface area contributed by atoms with Gasteiger partial charge in [-0.3, -0.25) is 28.3 Å². The molecule has 0 aliphatic rings. The molecule has 0 aliphatic carbocycles. The van der Waals surface area contributed by atoms with E-state index in [2.05, 4.69) is 20.2 Å². The molecule has 1 unspecified atom stereocenters. The fraction of sp³-hybridized carbons (Fsp3) is 0.240. The molecule has 6 aromatic heterocycles. The number of nitrogens with zero attached hydrogens (tertiary/aromatic N) is 10. The maximum Gasteiger partial charge on any atom is 0.387 e. The van der Waals surface area contributed by atoms with Gasteiger partial charge in [0.05, 0.1) is 83.3 Å². The maximum atomic E-state index is 13.0. The normalized spacial score (nSPS) is 12.7. The van der Waals surface area contributed by atoms with Gasteiger partial charge in [0, 0.05) is 36.3 Å². The maximum absolute atomic E-state index is 13.0. The third-order valence-electron chi connectivity index (χ3n) is 12.1. The van der Waals surface area contributed by atoms with Crippen LogP contribution in [0.2, 0.25) is 0 Å². The number of alkyl halides is 4. The highest BCUT2D eigenvalue weighted by Gasteiger charge is 2.20. The van der Waals surface area contributed by atoms with Crippen LogP contribution in [0.3, 0.4) is 0 Å². The molecule has 0 bridgehead atoms. The largest absolute Gasteiger partial charge is 0.434 e. The van der Waals surface area contributed by atoms with E-state index < -0.39 is 25.4 Å². The fourth-order valence-electron chi connectivity index (χ4n) is 8.57. The van der Waals surface area contributed by atoms with Crippen molar-refractivity contribution in [3.8, 4) is 33.8 Å². The highest BCUT2D eigenvalue weighted by Crippen LogP contribution is 2.30. The Morgan fingerprint density at radius 3 is 1.31 bits per heavy atom. The third-order valence-corrected chi connectivity index (χ3v) is 12.1. The number of rotatable bonds is 12. The second kappa shape index (κ2) is 18.8. The van der Waals surface area contributed by atoms with Gasteiger partial charge in [-0.2, -0.15) is 27.8 Å². The minimum atomic E-state index is -2.95. The predicted octanol–water partition coefficient (Wildman–Crippen LogP) is 8.12. The zero-order valence-electron chi connectivity index (χ0n) is 38.6. The van der Waals surface area contributed by atoms with E-state index in [9.17, 15) is 37.4 Å². The van der Waals surface area contributed by atoms with Crippen LogP contribution in [0.1, 0.15) is 59.7 Å². The number of benzene rings is 4. The third kappa shape index (κ3) is 9.01. The predicted molar refractivity (Wildman–Crippen MR) is 253 cm³/mol. The first kappa shape index (κ1) is 47.0. The summed E-state index contributed by atoms with van der Waals surface area (Å²) in [5.74, 6) is 0.137. The van der Waals surface area contributed by atoms with Crippen molar-refractivity contribution in [2.45, 2.75) is 66.2 Å². The summed E-state index contributed by atoms with van der Waals surface area (Å²) >= 11 is 0. The summed E-state index contributed by atoms with van der Waals surface area (Å²) in [7, 11) is 3.28. The molecular formula is C50H46F4N10O6. The van der Waals surface area contributed by atoms with Crippen LogP contribution in [0.15, 0.2) is 119 Å². The highest BCUT2D eigenvalue weighted by atomic mass is 19.3. The van der Waals surface area contributed by atoms with Gasteiger partial charge < -0.3 is 19.7 Å². The molecule has 10 aromatic rings. The Bertz CT molecular complexity index is 3480. The first-order valence-corrected chi connectivity index (χ1v) is 22.0. The smallest absolute Gasteiger partial charge is 0.387 e. The Balaban J connectivity index is 0.000000174. The van der Waals surface area contributed by atoms with E-state index in [-0.39, 0.29) is 35.7 Å². The minimum absolute atomic E-state index is 0.0685. The van der Waals surface area contributed by atoms with Crippen molar-refractivity contribution < 1.29 is 37.2 Å². The average molecular weight is 959 g/mol. The van der Waals surface area contributed by atoms with Crippen LogP contribution >= 0.6 is 0 Å². The number of imidazole rings is 2. The van der Waals surface area contributed by atoms with E-state index in [0.29, 0.717) is 55.6 Å². The number of ether oxygens (including phenoxy) is 2. The molecule has 0 saturated heterocycles. The van der Waals surface area contributed by atoms with Crippen LogP contribution in [0, 0.1) is 13.8 Å². The van der Waals surface area contributed by atoms with E-state index >= 15 is 0 Å². The number of aryl methyl sites for hydroxylation is 2. The molecule has 0 saturated carbocycles. The molecule has 4 aromatic carbocycles. The lowest BCUT2D eigenvalue weighted by Crippen LogP contribution is -2.20. The van der Waals surface area contributed by atoms with E-state index in [4.69, 9.17) is 9.47 Å². The topological polar surface area (TPSA) is 173 Å². The summed E-state index contributed by atoms with van der Waals surface area (Å²) < 4.78 is 70.8. The van der Waals surface area contributed by atoms with Gasteiger partial charge in [-0.15, -0.1) is 0 Å². The molecule has 0 aliphatic heterocycles. The lowest BCUT2D eigenvalue weighted by atomic mass is 10.1. The first-order chi connectivity index (χ1) is 33.4. The first-order valence-electron chi connectivity index (χ1n) is 22.0. The lowest BCUT2D eigenvalue weighted by Gasteiger charge is -2.15. The Labute approximate surface area is 395 Å². The zero-order chi connectivity index (χ0) is 49.7. The summed E-state index contributed by atoms with van der Waals surface area (Å²) in [6.07, 6.45) is 5.08. The van der Waals surface area contributed by atoms with E-state index in [0.717, 1.165) is 33.4 Å². The van der Waals surface area contributed by atoms with Crippen LogP contribution in [0.25, 0.3) is 55.4 Å². The van der Waals surface area contributed by atoms with Crippen LogP contribution in [-0.4, -0.2) is 71.4 Å². The molecule has 2 N–H and O–H groups in total. The molecule has 0 fully saturated rings. The van der Waals surface area contributed by atoms with Crippen LogP contribution in [0.5, 0.6) is 11.5 Å². The van der Waals surface area contributed by atoms with E-state index in [1.165, 1.54) is 21.5 Å². The van der Waals surface area contributed by atoms with Gasteiger partial charge in [0.25, 0.3) is 11.1 Å².